The van der Waals surface area contributed by atoms with Crippen LogP contribution in [0.25, 0.3) is 11.4 Å². The van der Waals surface area contributed by atoms with Gasteiger partial charge in [-0.25, -0.2) is 4.79 Å². The summed E-state index contributed by atoms with van der Waals surface area (Å²) in [4.78, 5) is 26.3. The molecular formula is C21H21Cl3N4O4. The van der Waals surface area contributed by atoms with Gasteiger partial charge in [0.25, 0.3) is 0 Å². The van der Waals surface area contributed by atoms with Crippen molar-refractivity contribution in [3.63, 3.8) is 0 Å². The van der Waals surface area contributed by atoms with Crippen LogP contribution in [-0.2, 0) is 16.0 Å². The summed E-state index contributed by atoms with van der Waals surface area (Å²) >= 11 is 12.2. The summed E-state index contributed by atoms with van der Waals surface area (Å²) in [5.74, 6) is -0.411. The van der Waals surface area contributed by atoms with Crippen molar-refractivity contribution in [2.24, 2.45) is 0 Å². The van der Waals surface area contributed by atoms with Gasteiger partial charge in [-0.1, -0.05) is 58.7 Å². The summed E-state index contributed by atoms with van der Waals surface area (Å²) in [5.41, 5.74) is 2.37. The Labute approximate surface area is 200 Å². The van der Waals surface area contributed by atoms with E-state index in [2.05, 4.69) is 25.3 Å². The minimum Gasteiger partial charge on any atom is -0.370 e. The zero-order chi connectivity index (χ0) is 21.8. The van der Waals surface area contributed by atoms with E-state index in [1.165, 1.54) is 0 Å². The Balaban J connectivity index is 0.00000289. The lowest BCUT2D eigenvalue weighted by Crippen LogP contribution is -2.45. The molecule has 2 aromatic carbocycles. The largest absolute Gasteiger partial charge is 0.439 e. The highest BCUT2D eigenvalue weighted by atomic mass is 35.5. The van der Waals surface area contributed by atoms with Gasteiger partial charge in [0.2, 0.25) is 5.91 Å². The van der Waals surface area contributed by atoms with Crippen molar-refractivity contribution in [3.8, 4) is 11.4 Å². The fraction of sp³-hybridized carbons (Fsp3) is 0.286. The van der Waals surface area contributed by atoms with E-state index in [4.69, 9.17) is 27.9 Å². The second-order valence-corrected chi connectivity index (χ2v) is 7.97. The highest BCUT2D eigenvalue weighted by Gasteiger charge is 2.28. The Morgan fingerprint density at radius 3 is 2.62 bits per heavy atom. The Bertz CT molecular complexity index is 1120. The van der Waals surface area contributed by atoms with Crippen molar-refractivity contribution in [1.82, 2.24) is 20.8 Å². The summed E-state index contributed by atoms with van der Waals surface area (Å²) in [5, 5.41) is 10.9. The monoisotopic (exact) mass is 498 g/mol. The van der Waals surface area contributed by atoms with E-state index in [0.717, 1.165) is 11.1 Å². The van der Waals surface area contributed by atoms with Gasteiger partial charge in [0.05, 0.1) is 29.1 Å². The van der Waals surface area contributed by atoms with Gasteiger partial charge in [-0.2, -0.15) is 0 Å². The van der Waals surface area contributed by atoms with E-state index in [9.17, 15) is 9.59 Å². The van der Waals surface area contributed by atoms with Crippen LogP contribution < -0.4 is 16.4 Å². The smallest absolute Gasteiger partial charge is 0.370 e. The molecule has 8 nitrogen and oxygen atoms in total. The second kappa shape index (κ2) is 11.0. The standard InChI is InChI=1S/C21H20Cl2N4O4.ClH/c22-15-6-5-14(10-16(15)23)19-17(11-24-7-8-30-19)25-18(28)9-12-1-3-13(4-2-12)20-26-21(29)31-27-20;/h1-6,10,17,19,24H,7-9,11H2,(H,25,28)(H,26,27,29);1H/t17-,19+;/m1./s1. The van der Waals surface area contributed by atoms with Crippen LogP contribution in [0.5, 0.6) is 0 Å². The van der Waals surface area contributed by atoms with Crippen molar-refractivity contribution >= 4 is 41.5 Å². The summed E-state index contributed by atoms with van der Waals surface area (Å²) < 4.78 is 10.5. The van der Waals surface area contributed by atoms with Crippen molar-refractivity contribution in [2.75, 3.05) is 19.7 Å². The van der Waals surface area contributed by atoms with Gasteiger partial charge in [0.1, 0.15) is 6.10 Å². The normalized spacial score (nSPS) is 18.4. The lowest BCUT2D eigenvalue weighted by Gasteiger charge is -2.26. The number of aromatic nitrogens is 2. The highest BCUT2D eigenvalue weighted by molar-refractivity contribution is 6.42. The minimum atomic E-state index is -0.616. The Kier molecular flexibility index (Phi) is 8.33. The number of carbonyl (C=O) groups excluding carboxylic acids is 1. The van der Waals surface area contributed by atoms with Crippen LogP contribution in [0.4, 0.5) is 0 Å². The molecule has 1 amide bonds. The molecule has 3 N–H and O–H groups in total. The molecule has 1 aliphatic rings. The van der Waals surface area contributed by atoms with E-state index in [0.29, 0.717) is 41.1 Å². The van der Waals surface area contributed by atoms with Crippen LogP contribution in [0.2, 0.25) is 10.0 Å². The summed E-state index contributed by atoms with van der Waals surface area (Å²) in [6.45, 7) is 1.77. The third-order valence-electron chi connectivity index (χ3n) is 4.96. The number of nitrogens with zero attached hydrogens (tertiary/aromatic N) is 1. The molecule has 0 unspecified atom stereocenters. The number of hydrogen-bond donors (Lipinski definition) is 3. The molecular weight excluding hydrogens is 479 g/mol. The molecule has 1 fully saturated rings. The second-order valence-electron chi connectivity index (χ2n) is 7.16. The fourth-order valence-electron chi connectivity index (χ4n) is 3.46. The van der Waals surface area contributed by atoms with Crippen molar-refractivity contribution < 1.29 is 14.1 Å². The average molecular weight is 500 g/mol. The molecule has 4 rings (SSSR count). The van der Waals surface area contributed by atoms with Gasteiger partial charge in [-0.3, -0.25) is 14.3 Å². The maximum Gasteiger partial charge on any atom is 0.439 e. The molecule has 170 valence electrons. The number of benzene rings is 2. The molecule has 0 aliphatic carbocycles. The third kappa shape index (κ3) is 5.90. The quantitative estimate of drug-likeness (QED) is 0.498. The molecule has 3 aromatic rings. The molecule has 11 heteroatoms. The number of H-pyrrole nitrogens is 1. The van der Waals surface area contributed by atoms with E-state index in [1.54, 1.807) is 36.4 Å². The van der Waals surface area contributed by atoms with Crippen LogP contribution in [0.15, 0.2) is 51.8 Å². The van der Waals surface area contributed by atoms with Crippen LogP contribution in [0.1, 0.15) is 17.2 Å². The van der Waals surface area contributed by atoms with Crippen LogP contribution in [0, 0.1) is 0 Å². The minimum absolute atomic E-state index is 0. The molecule has 2 atom stereocenters. The third-order valence-corrected chi connectivity index (χ3v) is 5.70. The predicted molar refractivity (Wildman–Crippen MR) is 123 cm³/mol. The maximum atomic E-state index is 12.7. The number of nitrogens with one attached hydrogen (secondary N) is 3. The van der Waals surface area contributed by atoms with Crippen LogP contribution in [-0.4, -0.2) is 41.8 Å². The van der Waals surface area contributed by atoms with Gasteiger partial charge in [0.15, 0.2) is 5.82 Å². The lowest BCUT2D eigenvalue weighted by molar-refractivity contribution is -0.122. The number of carbonyl (C=O) groups is 1. The average Bonchev–Trinajstić information content (AvgIpc) is 3.06. The Morgan fingerprint density at radius 2 is 1.94 bits per heavy atom. The van der Waals surface area contributed by atoms with E-state index in [1.807, 2.05) is 6.07 Å². The zero-order valence-electron chi connectivity index (χ0n) is 16.8. The number of hydrogen-bond acceptors (Lipinski definition) is 6. The predicted octanol–water partition coefficient (Wildman–Crippen LogP) is 3.15. The number of rotatable bonds is 5. The molecule has 1 aromatic heterocycles. The van der Waals surface area contributed by atoms with Gasteiger partial charge in [0, 0.05) is 18.7 Å². The highest BCUT2D eigenvalue weighted by Crippen LogP contribution is 2.29. The molecule has 0 spiro atoms. The number of halogens is 3. The van der Waals surface area contributed by atoms with Gasteiger partial charge < -0.3 is 15.4 Å². The van der Waals surface area contributed by atoms with Gasteiger partial charge in [-0.05, 0) is 23.3 Å². The SMILES string of the molecule is Cl.O=C(Cc1ccc(-c2noc(=O)[nH]2)cc1)N[C@@H]1CNCCO[C@H]1c1ccc(Cl)c(Cl)c1. The summed E-state index contributed by atoms with van der Waals surface area (Å²) in [6, 6.07) is 12.2. The number of aromatic amines is 1. The molecule has 32 heavy (non-hydrogen) atoms. The molecule has 0 bridgehead atoms. The van der Waals surface area contributed by atoms with Gasteiger partial charge in [-0.15, -0.1) is 12.4 Å². The van der Waals surface area contributed by atoms with Crippen molar-refractivity contribution in [1.29, 1.82) is 0 Å². The van der Waals surface area contributed by atoms with E-state index >= 15 is 0 Å². The topological polar surface area (TPSA) is 109 Å². The van der Waals surface area contributed by atoms with Gasteiger partial charge >= 0.3 is 5.76 Å². The Morgan fingerprint density at radius 1 is 1.16 bits per heavy atom. The van der Waals surface area contributed by atoms with Crippen LogP contribution >= 0.6 is 35.6 Å². The first-order valence-corrected chi connectivity index (χ1v) is 10.5. The molecule has 2 heterocycles. The zero-order valence-corrected chi connectivity index (χ0v) is 19.1. The van der Waals surface area contributed by atoms with Crippen molar-refractivity contribution in [3.05, 3.63) is 74.2 Å². The molecule has 0 saturated carbocycles. The molecule has 0 radical (unpaired) electrons. The number of amides is 1. The first-order valence-electron chi connectivity index (χ1n) is 9.71. The van der Waals surface area contributed by atoms with Crippen molar-refractivity contribution in [2.45, 2.75) is 18.6 Å². The first kappa shape index (κ1) is 24.3. The summed E-state index contributed by atoms with van der Waals surface area (Å²) in [7, 11) is 0. The van der Waals surface area contributed by atoms with E-state index < -0.39 is 5.76 Å². The number of ether oxygens (including phenoxy) is 1. The lowest BCUT2D eigenvalue weighted by atomic mass is 10.0. The maximum absolute atomic E-state index is 12.7. The molecule has 1 aliphatic heterocycles. The van der Waals surface area contributed by atoms with Crippen LogP contribution in [0.3, 0.4) is 0 Å². The Hall–Kier alpha value is -2.36. The molecule has 1 saturated heterocycles. The summed E-state index contributed by atoms with van der Waals surface area (Å²) in [6.07, 6.45) is -0.152. The van der Waals surface area contributed by atoms with E-state index in [-0.39, 0.29) is 36.9 Å². The fourth-order valence-corrected chi connectivity index (χ4v) is 3.77. The first-order chi connectivity index (χ1) is 15.0.